The van der Waals surface area contributed by atoms with Crippen LogP contribution in [0, 0.1) is 0 Å². The summed E-state index contributed by atoms with van der Waals surface area (Å²) in [5.41, 5.74) is 5.06. The molecule has 2 aliphatic heterocycles. The van der Waals surface area contributed by atoms with Gasteiger partial charge in [-0.05, 0) is 60.6 Å². The minimum absolute atomic E-state index is 0.104. The van der Waals surface area contributed by atoms with E-state index in [9.17, 15) is 4.79 Å². The van der Waals surface area contributed by atoms with Crippen molar-refractivity contribution in [2.75, 3.05) is 61.8 Å². The van der Waals surface area contributed by atoms with Crippen LogP contribution in [0.15, 0.2) is 53.6 Å². The molecule has 0 radical (unpaired) electrons. The maximum Gasteiger partial charge on any atom is 0.254 e. The van der Waals surface area contributed by atoms with Gasteiger partial charge in [-0.2, -0.15) is 0 Å². The molecular weight excluding hydrogens is 508 g/mol. The average Bonchev–Trinajstić information content (AvgIpc) is 3.17. The molecule has 0 saturated carbocycles. The molecule has 2 aromatic carbocycles. The zero-order valence-electron chi connectivity index (χ0n) is 24.2. The number of hydrogen-bond donors (Lipinski definition) is 0. The van der Waals surface area contributed by atoms with Crippen molar-refractivity contribution in [1.29, 1.82) is 0 Å². The number of methoxy groups -OCH3 is 5. The summed E-state index contributed by atoms with van der Waals surface area (Å²) in [6, 6.07) is 10.0. The average molecular weight is 549 g/mol. The molecule has 0 unspecified atom stereocenters. The number of hydrogen-bond acceptors (Lipinski definition) is 7. The Bertz CT molecular complexity index is 1290. The van der Waals surface area contributed by atoms with Crippen molar-refractivity contribution in [3.05, 3.63) is 70.3 Å². The molecule has 5 rings (SSSR count). The maximum atomic E-state index is 13.9. The lowest BCUT2D eigenvalue weighted by molar-refractivity contribution is -0.130. The Balaban J connectivity index is 1.45. The summed E-state index contributed by atoms with van der Waals surface area (Å²) in [6.07, 6.45) is 7.45. The fraction of sp³-hybridized carbons (Fsp3) is 0.469. The first-order valence-electron chi connectivity index (χ1n) is 13.9. The monoisotopic (exact) mass is 548 g/mol. The van der Waals surface area contributed by atoms with E-state index >= 15 is 0 Å². The molecule has 40 heavy (non-hydrogen) atoms. The van der Waals surface area contributed by atoms with Crippen molar-refractivity contribution in [2.24, 2.45) is 0 Å². The van der Waals surface area contributed by atoms with E-state index in [-0.39, 0.29) is 11.4 Å². The normalized spacial score (nSPS) is 20.9. The van der Waals surface area contributed by atoms with Crippen LogP contribution in [0.4, 0.5) is 0 Å². The van der Waals surface area contributed by atoms with Crippen LogP contribution < -0.4 is 18.9 Å². The molecule has 1 aliphatic carbocycles. The van der Waals surface area contributed by atoms with Gasteiger partial charge in [0, 0.05) is 56.6 Å². The van der Waals surface area contributed by atoms with E-state index in [0.29, 0.717) is 26.0 Å². The smallest absolute Gasteiger partial charge is 0.254 e. The predicted molar refractivity (Wildman–Crippen MR) is 153 cm³/mol. The summed E-state index contributed by atoms with van der Waals surface area (Å²) in [4.78, 5) is 18.5. The first-order valence-corrected chi connectivity index (χ1v) is 13.9. The molecule has 8 heteroatoms. The van der Waals surface area contributed by atoms with Crippen LogP contribution in [0.5, 0.6) is 23.0 Å². The minimum Gasteiger partial charge on any atom is -0.497 e. The fourth-order valence-corrected chi connectivity index (χ4v) is 6.49. The number of nitrogens with zero attached hydrogens (tertiary/aromatic N) is 2. The first kappa shape index (κ1) is 28.1. The molecule has 2 fully saturated rings. The van der Waals surface area contributed by atoms with Crippen molar-refractivity contribution < 1.29 is 28.5 Å². The largest absolute Gasteiger partial charge is 0.497 e. The van der Waals surface area contributed by atoms with E-state index in [0.717, 1.165) is 83.3 Å². The number of amides is 1. The Morgan fingerprint density at radius 3 is 2.10 bits per heavy atom. The molecule has 3 aliphatic rings. The van der Waals surface area contributed by atoms with Gasteiger partial charge in [-0.1, -0.05) is 12.2 Å². The molecule has 2 aromatic rings. The predicted octanol–water partition coefficient (Wildman–Crippen LogP) is 4.20. The number of carbonyl (C=O) groups excluding carboxylic acids is 1. The Kier molecular flexibility index (Phi) is 8.38. The topological polar surface area (TPSA) is 69.7 Å². The third kappa shape index (κ3) is 5.18. The van der Waals surface area contributed by atoms with Gasteiger partial charge in [0.25, 0.3) is 5.91 Å². The number of allylic oxidation sites excluding steroid dienone is 2. The second-order valence-electron chi connectivity index (χ2n) is 10.6. The van der Waals surface area contributed by atoms with Crippen LogP contribution in [-0.2, 0) is 28.9 Å². The summed E-state index contributed by atoms with van der Waals surface area (Å²) in [7, 11) is 8.40. The van der Waals surface area contributed by atoms with Crippen LogP contribution in [-0.4, -0.2) is 83.0 Å². The molecule has 2 saturated heterocycles. The standard InChI is InChI=1S/C32H40N2O6/c1-36-15-14-34-31(35)28-7-6-23-18-26(39-4)20-30(40-5)27(23)8-9-29(28)32(34)10-12-33(13-11-32)21-22-16-24(37-2)19-25(17-22)38-3/h7,9,16-20H,6,8,10-15,21H2,1-5H3/b28-7+,29-9+. The number of ether oxygens (including phenoxy) is 5. The van der Waals surface area contributed by atoms with E-state index < -0.39 is 0 Å². The second kappa shape index (κ2) is 11.9. The number of benzene rings is 2. The molecule has 0 atom stereocenters. The highest BCUT2D eigenvalue weighted by Crippen LogP contribution is 2.47. The lowest BCUT2D eigenvalue weighted by atomic mass is 9.78. The lowest BCUT2D eigenvalue weighted by Crippen LogP contribution is -2.54. The summed E-state index contributed by atoms with van der Waals surface area (Å²) >= 11 is 0. The summed E-state index contributed by atoms with van der Waals surface area (Å²) in [6.45, 7) is 3.62. The number of rotatable bonds is 9. The van der Waals surface area contributed by atoms with E-state index in [1.54, 1.807) is 35.5 Å². The highest BCUT2D eigenvalue weighted by atomic mass is 16.5. The zero-order valence-corrected chi connectivity index (χ0v) is 24.2. The van der Waals surface area contributed by atoms with Crippen LogP contribution >= 0.6 is 0 Å². The van der Waals surface area contributed by atoms with Crippen molar-refractivity contribution in [3.63, 3.8) is 0 Å². The zero-order chi connectivity index (χ0) is 28.3. The summed E-state index contributed by atoms with van der Waals surface area (Å²) in [5, 5.41) is 0. The minimum atomic E-state index is -0.346. The summed E-state index contributed by atoms with van der Waals surface area (Å²) in [5.74, 6) is 3.26. The van der Waals surface area contributed by atoms with Gasteiger partial charge in [0.05, 0.1) is 40.6 Å². The number of fused-ring (bicyclic) bond motifs is 3. The van der Waals surface area contributed by atoms with Crippen molar-refractivity contribution in [3.8, 4) is 23.0 Å². The molecule has 0 aromatic heterocycles. The van der Waals surface area contributed by atoms with Gasteiger partial charge in [0.1, 0.15) is 23.0 Å². The van der Waals surface area contributed by atoms with Crippen molar-refractivity contribution in [2.45, 2.75) is 37.8 Å². The van der Waals surface area contributed by atoms with Crippen LogP contribution in [0.2, 0.25) is 0 Å². The van der Waals surface area contributed by atoms with Gasteiger partial charge in [-0.3, -0.25) is 9.69 Å². The van der Waals surface area contributed by atoms with Crippen molar-refractivity contribution in [1.82, 2.24) is 9.80 Å². The Morgan fingerprint density at radius 2 is 1.48 bits per heavy atom. The molecule has 1 spiro atoms. The molecule has 214 valence electrons. The highest BCUT2D eigenvalue weighted by Gasteiger charge is 2.52. The molecule has 0 N–H and O–H groups in total. The fourth-order valence-electron chi connectivity index (χ4n) is 6.49. The highest BCUT2D eigenvalue weighted by molar-refractivity contribution is 6.03. The lowest BCUT2D eigenvalue weighted by Gasteiger charge is -2.45. The van der Waals surface area contributed by atoms with E-state index in [4.69, 9.17) is 23.7 Å². The van der Waals surface area contributed by atoms with Crippen LogP contribution in [0.3, 0.4) is 0 Å². The first-order chi connectivity index (χ1) is 19.5. The van der Waals surface area contributed by atoms with Gasteiger partial charge in [0.2, 0.25) is 0 Å². The van der Waals surface area contributed by atoms with Gasteiger partial charge in [-0.25, -0.2) is 0 Å². The SMILES string of the molecule is COCCN1C(=O)C2=C/Cc3cc(OC)cc(OC)c3C/C=C\2C12CCN(Cc1cc(OC)cc(OC)c1)CC2. The van der Waals surface area contributed by atoms with Gasteiger partial charge in [-0.15, -0.1) is 0 Å². The summed E-state index contributed by atoms with van der Waals surface area (Å²) < 4.78 is 27.7. The van der Waals surface area contributed by atoms with Gasteiger partial charge < -0.3 is 28.6 Å². The van der Waals surface area contributed by atoms with Gasteiger partial charge >= 0.3 is 0 Å². The van der Waals surface area contributed by atoms with Crippen LogP contribution in [0.1, 0.15) is 29.5 Å². The molecule has 2 heterocycles. The Hall–Kier alpha value is -3.49. The van der Waals surface area contributed by atoms with E-state index in [2.05, 4.69) is 40.2 Å². The molecular formula is C32H40N2O6. The maximum absolute atomic E-state index is 13.9. The molecule has 8 nitrogen and oxygen atoms in total. The van der Waals surface area contributed by atoms with Crippen molar-refractivity contribution >= 4 is 5.91 Å². The van der Waals surface area contributed by atoms with Gasteiger partial charge in [0.15, 0.2) is 0 Å². The Morgan fingerprint density at radius 1 is 0.800 bits per heavy atom. The Labute approximate surface area is 237 Å². The third-order valence-electron chi connectivity index (χ3n) is 8.57. The number of likely N-dealkylation sites (tertiary alicyclic amines) is 2. The van der Waals surface area contributed by atoms with E-state index in [1.807, 2.05) is 12.1 Å². The quantitative estimate of drug-likeness (QED) is 0.465. The third-order valence-corrected chi connectivity index (χ3v) is 8.57. The van der Waals surface area contributed by atoms with E-state index in [1.165, 1.54) is 0 Å². The van der Waals surface area contributed by atoms with Crippen LogP contribution in [0.25, 0.3) is 0 Å². The molecule has 1 amide bonds. The molecule has 0 bridgehead atoms. The number of carbonyl (C=O) groups is 1. The second-order valence-corrected chi connectivity index (χ2v) is 10.6. The number of piperidine rings is 1.